The summed E-state index contributed by atoms with van der Waals surface area (Å²) in [6, 6.07) is 0. The lowest BCUT2D eigenvalue weighted by Crippen LogP contribution is -1.91. The fraction of sp³-hybridized carbons (Fsp3) is 1.00. The zero-order valence-electron chi connectivity index (χ0n) is 12.0. The molecule has 16 heavy (non-hydrogen) atoms. The molecular formula is C16H32. The van der Waals surface area contributed by atoms with Crippen LogP contribution in [0.4, 0.5) is 0 Å². The molecule has 0 aliphatic heterocycles. The van der Waals surface area contributed by atoms with Gasteiger partial charge in [-0.25, -0.2) is 0 Å². The standard InChI is InChI=1S/C16H32/c1-13(2)9-7-5-6-8-10-15-12-16(15)11-14(3)4/h13-16H,5-12H2,1-4H3. The lowest BCUT2D eigenvalue weighted by atomic mass is 10.0. The average Bonchev–Trinajstić information content (AvgIpc) is 2.88. The van der Waals surface area contributed by atoms with Gasteiger partial charge in [-0.3, -0.25) is 0 Å². The predicted octanol–water partition coefficient (Wildman–Crippen LogP) is 5.67. The molecule has 0 aromatic carbocycles. The topological polar surface area (TPSA) is 0 Å². The second-order valence-corrected chi connectivity index (χ2v) is 6.77. The summed E-state index contributed by atoms with van der Waals surface area (Å²) < 4.78 is 0. The smallest absolute Gasteiger partial charge is 0.0381 e. The highest BCUT2D eigenvalue weighted by Gasteiger charge is 2.35. The van der Waals surface area contributed by atoms with Gasteiger partial charge >= 0.3 is 0 Å². The minimum absolute atomic E-state index is 0.902. The van der Waals surface area contributed by atoms with E-state index in [0.29, 0.717) is 0 Å². The van der Waals surface area contributed by atoms with Crippen LogP contribution in [-0.2, 0) is 0 Å². The summed E-state index contributed by atoms with van der Waals surface area (Å²) in [4.78, 5) is 0. The van der Waals surface area contributed by atoms with Crippen LogP contribution in [0, 0.1) is 23.7 Å². The van der Waals surface area contributed by atoms with Crippen LogP contribution in [0.5, 0.6) is 0 Å². The molecule has 0 N–H and O–H groups in total. The van der Waals surface area contributed by atoms with Crippen LogP contribution in [0.2, 0.25) is 0 Å². The van der Waals surface area contributed by atoms with Gasteiger partial charge in [-0.1, -0.05) is 66.2 Å². The SMILES string of the molecule is CC(C)CCCCCCC1CC1CC(C)C. The van der Waals surface area contributed by atoms with Gasteiger partial charge in [-0.15, -0.1) is 0 Å². The first-order valence-corrected chi connectivity index (χ1v) is 7.59. The predicted molar refractivity (Wildman–Crippen MR) is 73.6 cm³/mol. The number of unbranched alkanes of at least 4 members (excludes halogenated alkanes) is 3. The zero-order valence-corrected chi connectivity index (χ0v) is 12.0. The summed E-state index contributed by atoms with van der Waals surface area (Å²) in [7, 11) is 0. The molecule has 1 aliphatic carbocycles. The third-order valence-electron chi connectivity index (χ3n) is 3.95. The maximum absolute atomic E-state index is 2.36. The zero-order chi connectivity index (χ0) is 12.0. The molecule has 0 heteroatoms. The third-order valence-corrected chi connectivity index (χ3v) is 3.95. The fourth-order valence-electron chi connectivity index (χ4n) is 2.87. The largest absolute Gasteiger partial charge is 0.0628 e. The van der Waals surface area contributed by atoms with Gasteiger partial charge in [0.15, 0.2) is 0 Å². The van der Waals surface area contributed by atoms with Gasteiger partial charge in [0.1, 0.15) is 0 Å². The summed E-state index contributed by atoms with van der Waals surface area (Å²) in [6.07, 6.45) is 11.9. The molecule has 0 bridgehead atoms. The third kappa shape index (κ3) is 6.55. The van der Waals surface area contributed by atoms with E-state index in [2.05, 4.69) is 27.7 Å². The number of hydrogen-bond acceptors (Lipinski definition) is 0. The van der Waals surface area contributed by atoms with E-state index in [1.54, 1.807) is 6.42 Å². The number of hydrogen-bond donors (Lipinski definition) is 0. The maximum Gasteiger partial charge on any atom is -0.0381 e. The lowest BCUT2D eigenvalue weighted by Gasteiger charge is -2.05. The molecule has 0 heterocycles. The molecule has 0 aromatic heterocycles. The van der Waals surface area contributed by atoms with E-state index in [0.717, 1.165) is 23.7 Å². The van der Waals surface area contributed by atoms with Crippen molar-refractivity contribution in [1.29, 1.82) is 0 Å². The molecular weight excluding hydrogens is 192 g/mol. The van der Waals surface area contributed by atoms with Crippen molar-refractivity contribution >= 4 is 0 Å². The highest BCUT2D eigenvalue weighted by Crippen LogP contribution is 2.46. The monoisotopic (exact) mass is 224 g/mol. The Labute approximate surface area is 103 Å². The van der Waals surface area contributed by atoms with Crippen molar-refractivity contribution in [2.75, 3.05) is 0 Å². The minimum atomic E-state index is 0.902. The van der Waals surface area contributed by atoms with Crippen molar-refractivity contribution in [1.82, 2.24) is 0 Å². The Morgan fingerprint density at radius 2 is 1.50 bits per heavy atom. The molecule has 1 saturated carbocycles. The van der Waals surface area contributed by atoms with Gasteiger partial charge in [0, 0.05) is 0 Å². The quantitative estimate of drug-likeness (QED) is 0.443. The first-order valence-electron chi connectivity index (χ1n) is 7.59. The summed E-state index contributed by atoms with van der Waals surface area (Å²) in [5, 5.41) is 0. The molecule has 2 unspecified atom stereocenters. The van der Waals surface area contributed by atoms with E-state index in [1.807, 2.05) is 0 Å². The van der Waals surface area contributed by atoms with E-state index in [1.165, 1.54) is 44.9 Å². The first kappa shape index (κ1) is 14.1. The highest BCUT2D eigenvalue weighted by molar-refractivity contribution is 4.86. The van der Waals surface area contributed by atoms with Crippen molar-refractivity contribution in [2.24, 2.45) is 23.7 Å². The van der Waals surface area contributed by atoms with E-state index in [9.17, 15) is 0 Å². The van der Waals surface area contributed by atoms with E-state index < -0.39 is 0 Å². The van der Waals surface area contributed by atoms with Gasteiger partial charge in [0.25, 0.3) is 0 Å². The van der Waals surface area contributed by atoms with Crippen LogP contribution in [-0.4, -0.2) is 0 Å². The van der Waals surface area contributed by atoms with Crippen LogP contribution < -0.4 is 0 Å². The van der Waals surface area contributed by atoms with Gasteiger partial charge in [0.2, 0.25) is 0 Å². The molecule has 1 rings (SSSR count). The van der Waals surface area contributed by atoms with Gasteiger partial charge in [-0.2, -0.15) is 0 Å². The summed E-state index contributed by atoms with van der Waals surface area (Å²) in [6.45, 7) is 9.39. The molecule has 0 saturated heterocycles. The van der Waals surface area contributed by atoms with Crippen molar-refractivity contribution < 1.29 is 0 Å². The Balaban J connectivity index is 1.83. The van der Waals surface area contributed by atoms with E-state index >= 15 is 0 Å². The first-order chi connectivity index (χ1) is 7.59. The molecule has 0 radical (unpaired) electrons. The molecule has 0 aromatic rings. The molecule has 1 fully saturated rings. The average molecular weight is 224 g/mol. The van der Waals surface area contributed by atoms with Crippen molar-refractivity contribution in [3.8, 4) is 0 Å². The normalized spacial score (nSPS) is 24.4. The Bertz CT molecular complexity index is 169. The highest BCUT2D eigenvalue weighted by atomic mass is 14.4. The van der Waals surface area contributed by atoms with Crippen molar-refractivity contribution in [3.05, 3.63) is 0 Å². The van der Waals surface area contributed by atoms with E-state index in [-0.39, 0.29) is 0 Å². The van der Waals surface area contributed by atoms with Crippen LogP contribution in [0.25, 0.3) is 0 Å². The molecule has 1 aliphatic rings. The fourth-order valence-corrected chi connectivity index (χ4v) is 2.87. The van der Waals surface area contributed by atoms with Gasteiger partial charge < -0.3 is 0 Å². The van der Waals surface area contributed by atoms with Crippen LogP contribution >= 0.6 is 0 Å². The lowest BCUT2D eigenvalue weighted by molar-refractivity contribution is 0.478. The number of rotatable bonds is 9. The van der Waals surface area contributed by atoms with Gasteiger partial charge in [0.05, 0.1) is 0 Å². The Kier molecular flexibility index (Phi) is 6.46. The van der Waals surface area contributed by atoms with Crippen molar-refractivity contribution in [2.45, 2.75) is 79.1 Å². The van der Waals surface area contributed by atoms with Crippen LogP contribution in [0.1, 0.15) is 79.1 Å². The summed E-state index contributed by atoms with van der Waals surface area (Å²) in [5.74, 6) is 4.04. The Morgan fingerprint density at radius 1 is 0.812 bits per heavy atom. The van der Waals surface area contributed by atoms with Gasteiger partial charge in [-0.05, 0) is 36.5 Å². The Morgan fingerprint density at radius 3 is 2.12 bits per heavy atom. The maximum atomic E-state index is 2.36. The van der Waals surface area contributed by atoms with Crippen LogP contribution in [0.15, 0.2) is 0 Å². The minimum Gasteiger partial charge on any atom is -0.0628 e. The molecule has 0 spiro atoms. The molecule has 0 nitrogen and oxygen atoms in total. The molecule has 0 amide bonds. The second-order valence-electron chi connectivity index (χ2n) is 6.77. The van der Waals surface area contributed by atoms with E-state index in [4.69, 9.17) is 0 Å². The Hall–Kier alpha value is 0. The molecule has 2 atom stereocenters. The molecule has 96 valence electrons. The van der Waals surface area contributed by atoms with Crippen molar-refractivity contribution in [3.63, 3.8) is 0 Å². The summed E-state index contributed by atoms with van der Waals surface area (Å²) >= 11 is 0. The second kappa shape index (κ2) is 7.35. The van der Waals surface area contributed by atoms with Crippen LogP contribution in [0.3, 0.4) is 0 Å². The summed E-state index contributed by atoms with van der Waals surface area (Å²) in [5.41, 5.74) is 0.